The molecule has 0 aromatic heterocycles. The van der Waals surface area contributed by atoms with Crippen molar-refractivity contribution in [3.63, 3.8) is 0 Å². The maximum absolute atomic E-state index is 12.6. The summed E-state index contributed by atoms with van der Waals surface area (Å²) in [7, 11) is 0. The van der Waals surface area contributed by atoms with Gasteiger partial charge in [0.05, 0.1) is 0 Å². The number of hydrogen-bond donors (Lipinski definition) is 1. The quantitative estimate of drug-likeness (QED) is 0.758. The van der Waals surface area contributed by atoms with E-state index in [0.717, 1.165) is 18.7 Å². The molecule has 1 amide bonds. The first kappa shape index (κ1) is 10.6. The topological polar surface area (TPSA) is 32.3 Å². The fraction of sp³-hybridized carbons (Fsp3) is 0.533. The molecule has 2 fully saturated rings. The zero-order valence-electron chi connectivity index (χ0n) is 10.5. The lowest BCUT2D eigenvalue weighted by atomic mass is 9.88. The predicted octanol–water partition coefficient (Wildman–Crippen LogP) is 2.48. The Bertz CT molecular complexity index is 513. The van der Waals surface area contributed by atoms with Gasteiger partial charge in [-0.05, 0) is 38.3 Å². The summed E-state index contributed by atoms with van der Waals surface area (Å²) < 4.78 is 0. The van der Waals surface area contributed by atoms with Crippen molar-refractivity contribution in [1.29, 1.82) is 0 Å². The molecule has 3 aliphatic rings. The number of carbonyl (C=O) groups excluding carboxylic acids is 1. The van der Waals surface area contributed by atoms with Gasteiger partial charge < -0.3 is 5.32 Å². The molecule has 1 N–H and O–H groups in total. The Hall–Kier alpha value is -1.35. The molecule has 94 valence electrons. The lowest BCUT2D eigenvalue weighted by molar-refractivity contribution is -0.127. The number of amides is 1. The van der Waals surface area contributed by atoms with Crippen molar-refractivity contribution in [2.75, 3.05) is 11.9 Å². The van der Waals surface area contributed by atoms with Crippen molar-refractivity contribution >= 4 is 11.6 Å². The van der Waals surface area contributed by atoms with E-state index in [-0.39, 0.29) is 11.4 Å². The van der Waals surface area contributed by atoms with Gasteiger partial charge in [0.1, 0.15) is 5.54 Å². The van der Waals surface area contributed by atoms with E-state index in [1.165, 1.54) is 31.2 Å². The largest absolute Gasteiger partial charge is 0.324 e. The van der Waals surface area contributed by atoms with Crippen LogP contribution >= 0.6 is 0 Å². The Morgan fingerprint density at radius 2 is 2.11 bits per heavy atom. The van der Waals surface area contributed by atoms with Gasteiger partial charge in [-0.25, -0.2) is 0 Å². The number of hydrogen-bond acceptors (Lipinski definition) is 2. The van der Waals surface area contributed by atoms with E-state index in [1.54, 1.807) is 0 Å². The zero-order valence-corrected chi connectivity index (χ0v) is 10.5. The van der Waals surface area contributed by atoms with E-state index in [9.17, 15) is 4.79 Å². The summed E-state index contributed by atoms with van der Waals surface area (Å²) in [5.74, 6) is 0.202. The second-order valence-electron chi connectivity index (χ2n) is 5.74. The molecule has 3 heterocycles. The summed E-state index contributed by atoms with van der Waals surface area (Å²) in [6, 6.07) is 8.83. The van der Waals surface area contributed by atoms with E-state index in [2.05, 4.69) is 22.3 Å². The van der Waals surface area contributed by atoms with Gasteiger partial charge in [0, 0.05) is 17.3 Å². The summed E-state index contributed by atoms with van der Waals surface area (Å²) in [4.78, 5) is 15.0. The molecule has 2 atom stereocenters. The van der Waals surface area contributed by atoms with Crippen LogP contribution in [-0.2, 0) is 10.3 Å². The van der Waals surface area contributed by atoms with Gasteiger partial charge in [-0.2, -0.15) is 0 Å². The minimum absolute atomic E-state index is 0.202. The lowest BCUT2D eigenvalue weighted by Crippen LogP contribution is -2.51. The highest BCUT2D eigenvalue weighted by Crippen LogP contribution is 2.51. The van der Waals surface area contributed by atoms with Crippen LogP contribution in [0.2, 0.25) is 0 Å². The van der Waals surface area contributed by atoms with Crippen LogP contribution in [0.1, 0.15) is 37.7 Å². The van der Waals surface area contributed by atoms with Crippen LogP contribution < -0.4 is 5.32 Å². The standard InChI is InChI=1S/C15H18N2O/c18-14-15(12-6-1-2-7-13(12)16-14)9-8-11-5-3-4-10-17(11)15/h1-2,6-7,11H,3-5,8-10H2,(H,16,18). The van der Waals surface area contributed by atoms with Crippen LogP contribution in [0.25, 0.3) is 0 Å². The second kappa shape index (κ2) is 3.58. The van der Waals surface area contributed by atoms with Crippen LogP contribution in [-0.4, -0.2) is 23.4 Å². The molecule has 1 spiro atoms. The van der Waals surface area contributed by atoms with Crippen LogP contribution in [0, 0.1) is 0 Å². The first-order valence-corrected chi connectivity index (χ1v) is 7.00. The Morgan fingerprint density at radius 3 is 3.06 bits per heavy atom. The molecule has 3 nitrogen and oxygen atoms in total. The smallest absolute Gasteiger partial charge is 0.249 e. The van der Waals surface area contributed by atoms with Crippen molar-refractivity contribution in [2.24, 2.45) is 0 Å². The molecular weight excluding hydrogens is 224 g/mol. The summed E-state index contributed by atoms with van der Waals surface area (Å²) in [5.41, 5.74) is 1.88. The van der Waals surface area contributed by atoms with Crippen molar-refractivity contribution in [2.45, 2.75) is 43.7 Å². The average Bonchev–Trinajstić information content (AvgIpc) is 2.92. The van der Waals surface area contributed by atoms with Gasteiger partial charge in [-0.3, -0.25) is 9.69 Å². The monoisotopic (exact) mass is 242 g/mol. The fourth-order valence-corrected chi connectivity index (χ4v) is 4.16. The van der Waals surface area contributed by atoms with Gasteiger partial charge in [0.2, 0.25) is 5.91 Å². The van der Waals surface area contributed by atoms with Crippen molar-refractivity contribution < 1.29 is 4.79 Å². The number of nitrogens with zero attached hydrogens (tertiary/aromatic N) is 1. The van der Waals surface area contributed by atoms with E-state index < -0.39 is 0 Å². The van der Waals surface area contributed by atoms with Gasteiger partial charge in [0.25, 0.3) is 0 Å². The van der Waals surface area contributed by atoms with Crippen molar-refractivity contribution in [3.05, 3.63) is 29.8 Å². The Balaban J connectivity index is 1.85. The molecule has 2 unspecified atom stereocenters. The van der Waals surface area contributed by atoms with E-state index >= 15 is 0 Å². The fourth-order valence-electron chi connectivity index (χ4n) is 4.16. The predicted molar refractivity (Wildman–Crippen MR) is 70.3 cm³/mol. The van der Waals surface area contributed by atoms with Crippen molar-refractivity contribution in [1.82, 2.24) is 4.90 Å². The maximum Gasteiger partial charge on any atom is 0.249 e. The summed E-state index contributed by atoms with van der Waals surface area (Å²) in [6.07, 6.45) is 5.97. The molecule has 1 aromatic rings. The minimum Gasteiger partial charge on any atom is -0.324 e. The molecule has 0 radical (unpaired) electrons. The molecule has 2 saturated heterocycles. The lowest BCUT2D eigenvalue weighted by Gasteiger charge is -2.39. The third kappa shape index (κ3) is 1.15. The highest BCUT2D eigenvalue weighted by Gasteiger charge is 2.56. The van der Waals surface area contributed by atoms with Crippen LogP contribution in [0.5, 0.6) is 0 Å². The number of rotatable bonds is 0. The highest BCUT2D eigenvalue weighted by atomic mass is 16.2. The summed E-state index contributed by atoms with van der Waals surface area (Å²) in [5, 5.41) is 3.08. The molecule has 18 heavy (non-hydrogen) atoms. The summed E-state index contributed by atoms with van der Waals surface area (Å²) in [6.45, 7) is 1.08. The summed E-state index contributed by atoms with van der Waals surface area (Å²) >= 11 is 0. The van der Waals surface area contributed by atoms with Gasteiger partial charge in [0.15, 0.2) is 0 Å². The SMILES string of the molecule is O=C1Nc2ccccc2C12CCC1CCCCN12. The van der Waals surface area contributed by atoms with Crippen LogP contribution in [0.4, 0.5) is 5.69 Å². The van der Waals surface area contributed by atoms with Gasteiger partial charge in [-0.15, -0.1) is 0 Å². The second-order valence-corrected chi connectivity index (χ2v) is 5.74. The number of anilines is 1. The number of fused-ring (bicyclic) bond motifs is 4. The third-order valence-electron chi connectivity index (χ3n) is 4.95. The molecule has 0 saturated carbocycles. The number of nitrogens with one attached hydrogen (secondary N) is 1. The van der Waals surface area contributed by atoms with Crippen LogP contribution in [0.15, 0.2) is 24.3 Å². The van der Waals surface area contributed by atoms with E-state index in [1.807, 2.05) is 12.1 Å². The number of benzene rings is 1. The Kier molecular flexibility index (Phi) is 2.10. The third-order valence-corrected chi connectivity index (χ3v) is 4.95. The first-order chi connectivity index (χ1) is 8.82. The van der Waals surface area contributed by atoms with Gasteiger partial charge in [-0.1, -0.05) is 24.6 Å². The highest BCUT2D eigenvalue weighted by molar-refractivity contribution is 6.06. The van der Waals surface area contributed by atoms with E-state index in [4.69, 9.17) is 0 Å². The molecule has 3 heteroatoms. The molecular formula is C15H18N2O. The van der Waals surface area contributed by atoms with Crippen LogP contribution in [0.3, 0.4) is 0 Å². The maximum atomic E-state index is 12.6. The number of para-hydroxylation sites is 1. The van der Waals surface area contributed by atoms with Gasteiger partial charge >= 0.3 is 0 Å². The number of piperidine rings is 1. The zero-order chi connectivity index (χ0) is 12.2. The minimum atomic E-state index is -0.346. The molecule has 1 aromatic carbocycles. The molecule has 4 rings (SSSR count). The average molecular weight is 242 g/mol. The van der Waals surface area contributed by atoms with Crippen molar-refractivity contribution in [3.8, 4) is 0 Å². The first-order valence-electron chi connectivity index (χ1n) is 7.00. The molecule has 0 aliphatic carbocycles. The molecule has 0 bridgehead atoms. The Morgan fingerprint density at radius 1 is 1.22 bits per heavy atom. The Labute approximate surface area is 107 Å². The molecule has 3 aliphatic heterocycles. The number of carbonyl (C=O) groups is 1. The van der Waals surface area contributed by atoms with E-state index in [0.29, 0.717) is 6.04 Å². The normalized spacial score (nSPS) is 34.4.